The molecule has 0 amide bonds. The average molecular weight is 297 g/mol. The predicted octanol–water partition coefficient (Wildman–Crippen LogP) is 4.24. The Morgan fingerprint density at radius 1 is 1.32 bits per heavy atom. The third-order valence-electron chi connectivity index (χ3n) is 4.20. The van der Waals surface area contributed by atoms with Crippen molar-refractivity contribution in [2.45, 2.75) is 47.9 Å². The Kier molecular flexibility index (Phi) is 4.40. The lowest BCUT2D eigenvalue weighted by atomic mass is 10.0. The number of rotatable bonds is 3. The van der Waals surface area contributed by atoms with Gasteiger partial charge in [0.15, 0.2) is 0 Å². The van der Waals surface area contributed by atoms with E-state index in [1.54, 1.807) is 17.8 Å². The minimum absolute atomic E-state index is 0.0539. The van der Waals surface area contributed by atoms with E-state index in [0.29, 0.717) is 12.1 Å². The fourth-order valence-corrected chi connectivity index (χ4v) is 5.30. The van der Waals surface area contributed by atoms with Gasteiger partial charge in [-0.1, -0.05) is 18.6 Å². The molecule has 1 aliphatic heterocycles. The molecular weight excluding hydrogens is 277 g/mol. The molecule has 1 N–H and O–H groups in total. The molecule has 0 saturated heterocycles. The molecule has 1 heterocycles. The summed E-state index contributed by atoms with van der Waals surface area (Å²) in [6.45, 7) is 0. The van der Waals surface area contributed by atoms with Crippen LogP contribution in [0.2, 0.25) is 0 Å². The summed E-state index contributed by atoms with van der Waals surface area (Å²) in [7, 11) is 0. The average Bonchev–Trinajstić information content (AvgIpc) is 2.87. The molecular formula is C15H20FNS2. The molecule has 1 nitrogen and oxygen atoms in total. The van der Waals surface area contributed by atoms with Crippen molar-refractivity contribution >= 4 is 23.5 Å². The third kappa shape index (κ3) is 2.81. The summed E-state index contributed by atoms with van der Waals surface area (Å²) in [6, 6.07) is 6.44. The van der Waals surface area contributed by atoms with Gasteiger partial charge >= 0.3 is 0 Å². The van der Waals surface area contributed by atoms with E-state index in [2.05, 4.69) is 17.6 Å². The smallest absolute Gasteiger partial charge is 0.137 e. The second kappa shape index (κ2) is 6.06. The maximum Gasteiger partial charge on any atom is 0.137 e. The molecule has 1 aromatic carbocycles. The summed E-state index contributed by atoms with van der Waals surface area (Å²) in [5, 5.41) is 4.53. The van der Waals surface area contributed by atoms with E-state index in [0.717, 1.165) is 22.3 Å². The molecule has 104 valence electrons. The number of thioether (sulfide) groups is 2. The number of fused-ring (bicyclic) bond motifs is 1. The van der Waals surface area contributed by atoms with Crippen LogP contribution in [0.25, 0.3) is 0 Å². The molecule has 1 aromatic rings. The minimum Gasteiger partial charge on any atom is -0.306 e. The lowest BCUT2D eigenvalue weighted by Crippen LogP contribution is -2.38. The first kappa shape index (κ1) is 13.8. The third-order valence-corrected chi connectivity index (χ3v) is 6.53. The van der Waals surface area contributed by atoms with Gasteiger partial charge in [0.25, 0.3) is 0 Å². The van der Waals surface area contributed by atoms with Gasteiger partial charge < -0.3 is 5.32 Å². The molecule has 3 unspecified atom stereocenters. The van der Waals surface area contributed by atoms with E-state index >= 15 is 0 Å². The molecule has 0 aromatic heterocycles. The first-order valence-electron chi connectivity index (χ1n) is 6.99. The monoisotopic (exact) mass is 297 g/mol. The minimum atomic E-state index is -0.0539. The van der Waals surface area contributed by atoms with Gasteiger partial charge in [-0.15, -0.1) is 11.8 Å². The van der Waals surface area contributed by atoms with Gasteiger partial charge in [-0.2, -0.15) is 11.8 Å². The van der Waals surface area contributed by atoms with Crippen LogP contribution in [-0.4, -0.2) is 23.3 Å². The second-order valence-corrected chi connectivity index (χ2v) is 7.51. The fourth-order valence-electron chi connectivity index (χ4n) is 3.22. The summed E-state index contributed by atoms with van der Waals surface area (Å²) in [6.07, 6.45) is 7.21. The van der Waals surface area contributed by atoms with Crippen LogP contribution in [0.5, 0.6) is 0 Å². The zero-order valence-corrected chi connectivity index (χ0v) is 12.8. The van der Waals surface area contributed by atoms with Crippen LogP contribution in [0.4, 0.5) is 4.39 Å². The van der Waals surface area contributed by atoms with Crippen LogP contribution < -0.4 is 5.32 Å². The number of hydrogen-bond donors (Lipinski definition) is 1. The van der Waals surface area contributed by atoms with Crippen molar-refractivity contribution < 1.29 is 4.39 Å². The Morgan fingerprint density at radius 3 is 3.05 bits per heavy atom. The molecule has 3 rings (SSSR count). The molecule has 1 fully saturated rings. The lowest BCUT2D eigenvalue weighted by molar-refractivity contribution is 0.426. The summed E-state index contributed by atoms with van der Waals surface area (Å²) < 4.78 is 13.8. The van der Waals surface area contributed by atoms with E-state index in [-0.39, 0.29) is 5.82 Å². The second-order valence-electron chi connectivity index (χ2n) is 5.33. The molecule has 1 aliphatic carbocycles. The summed E-state index contributed by atoms with van der Waals surface area (Å²) in [5.74, 6) is 0.962. The zero-order valence-electron chi connectivity index (χ0n) is 11.2. The first-order chi connectivity index (χ1) is 9.29. The van der Waals surface area contributed by atoms with E-state index in [1.165, 1.54) is 24.8 Å². The van der Waals surface area contributed by atoms with E-state index in [1.807, 2.05) is 17.8 Å². The molecule has 0 bridgehead atoms. The quantitative estimate of drug-likeness (QED) is 0.896. The lowest BCUT2D eigenvalue weighted by Gasteiger charge is -2.31. The Bertz CT molecular complexity index is 452. The van der Waals surface area contributed by atoms with Crippen LogP contribution in [0.3, 0.4) is 0 Å². The normalized spacial score (nSPS) is 30.3. The van der Waals surface area contributed by atoms with Gasteiger partial charge in [-0.3, -0.25) is 0 Å². The summed E-state index contributed by atoms with van der Waals surface area (Å²) >= 11 is 3.64. The zero-order chi connectivity index (χ0) is 13.2. The fraction of sp³-hybridized carbons (Fsp3) is 0.600. The molecule has 0 radical (unpaired) electrons. The molecule has 0 spiro atoms. The highest BCUT2D eigenvalue weighted by atomic mass is 32.2. The Balaban J connectivity index is 1.78. The topological polar surface area (TPSA) is 12.0 Å². The van der Waals surface area contributed by atoms with E-state index in [4.69, 9.17) is 0 Å². The van der Waals surface area contributed by atoms with E-state index in [9.17, 15) is 4.39 Å². The molecule has 2 aliphatic rings. The van der Waals surface area contributed by atoms with Crippen molar-refractivity contribution in [3.05, 3.63) is 29.6 Å². The predicted molar refractivity (Wildman–Crippen MR) is 82.6 cm³/mol. The Labute approximate surface area is 123 Å². The van der Waals surface area contributed by atoms with Crippen LogP contribution in [-0.2, 0) is 0 Å². The van der Waals surface area contributed by atoms with Crippen molar-refractivity contribution in [3.63, 3.8) is 0 Å². The van der Waals surface area contributed by atoms with Crippen molar-refractivity contribution in [2.75, 3.05) is 12.0 Å². The summed E-state index contributed by atoms with van der Waals surface area (Å²) in [5.41, 5.74) is 1.17. The maximum absolute atomic E-state index is 13.8. The molecule has 1 saturated carbocycles. The molecule has 4 heteroatoms. The highest BCUT2D eigenvalue weighted by molar-refractivity contribution is 7.99. The van der Waals surface area contributed by atoms with Gasteiger partial charge in [0.05, 0.1) is 0 Å². The van der Waals surface area contributed by atoms with E-state index < -0.39 is 0 Å². The van der Waals surface area contributed by atoms with Crippen LogP contribution in [0.1, 0.15) is 37.3 Å². The van der Waals surface area contributed by atoms with Gasteiger partial charge in [0, 0.05) is 22.2 Å². The maximum atomic E-state index is 13.8. The molecule has 3 atom stereocenters. The Morgan fingerprint density at radius 2 is 2.21 bits per heavy atom. The van der Waals surface area contributed by atoms with Gasteiger partial charge in [0.2, 0.25) is 0 Å². The Hall–Kier alpha value is -0.190. The first-order valence-corrected chi connectivity index (χ1v) is 9.27. The number of benzene rings is 1. The highest BCUT2D eigenvalue weighted by Gasteiger charge is 2.31. The highest BCUT2D eigenvalue weighted by Crippen LogP contribution is 2.39. The SMILES string of the molecule is CSC1CCCC1NC1CCSc2c(F)cccc21. The van der Waals surface area contributed by atoms with Crippen molar-refractivity contribution in [3.8, 4) is 0 Å². The number of hydrogen-bond acceptors (Lipinski definition) is 3. The summed E-state index contributed by atoms with van der Waals surface area (Å²) in [4.78, 5) is 0.866. The van der Waals surface area contributed by atoms with Crippen molar-refractivity contribution in [2.24, 2.45) is 0 Å². The van der Waals surface area contributed by atoms with Crippen LogP contribution in [0.15, 0.2) is 23.1 Å². The number of halogens is 1. The van der Waals surface area contributed by atoms with Crippen LogP contribution in [0, 0.1) is 5.82 Å². The standard InChI is InChI=1S/C15H20FNS2/c1-18-14-7-3-6-13(14)17-12-8-9-19-15-10(12)4-2-5-11(15)16/h2,4-5,12-14,17H,3,6-9H2,1H3. The largest absolute Gasteiger partial charge is 0.306 e. The van der Waals surface area contributed by atoms with Crippen molar-refractivity contribution in [1.29, 1.82) is 0 Å². The molecule has 19 heavy (non-hydrogen) atoms. The van der Waals surface area contributed by atoms with Gasteiger partial charge in [-0.25, -0.2) is 4.39 Å². The van der Waals surface area contributed by atoms with Gasteiger partial charge in [0.1, 0.15) is 5.82 Å². The number of nitrogens with one attached hydrogen (secondary N) is 1. The van der Waals surface area contributed by atoms with Crippen LogP contribution >= 0.6 is 23.5 Å². The van der Waals surface area contributed by atoms with Crippen molar-refractivity contribution in [1.82, 2.24) is 5.32 Å². The van der Waals surface area contributed by atoms with Gasteiger partial charge in [-0.05, 0) is 42.9 Å².